The van der Waals surface area contributed by atoms with Crippen LogP contribution >= 0.6 is 0 Å². The third kappa shape index (κ3) is 2.88. The number of rotatable bonds is 2. The van der Waals surface area contributed by atoms with Crippen LogP contribution in [0.1, 0.15) is 5.56 Å². The van der Waals surface area contributed by atoms with Crippen molar-refractivity contribution in [2.24, 2.45) is 0 Å². The summed E-state index contributed by atoms with van der Waals surface area (Å²) in [6.45, 7) is 1.58. The van der Waals surface area contributed by atoms with Crippen molar-refractivity contribution in [3.63, 3.8) is 0 Å². The molecule has 1 aromatic rings. The molecule has 0 unspecified atom stereocenters. The zero-order chi connectivity index (χ0) is 12.3. The van der Waals surface area contributed by atoms with Gasteiger partial charge in [0.05, 0.1) is 7.11 Å². The average Bonchev–Trinajstić information content (AvgIpc) is 2.19. The quantitative estimate of drug-likeness (QED) is 0.852. The first-order valence-corrected chi connectivity index (χ1v) is 4.37. The van der Waals surface area contributed by atoms with E-state index in [0.717, 1.165) is 0 Å². The number of aryl methyl sites for hydroxylation is 1. The van der Waals surface area contributed by atoms with Gasteiger partial charge in [-0.2, -0.15) is 13.2 Å². The Kier molecular flexibility index (Phi) is 3.41. The van der Waals surface area contributed by atoms with E-state index in [1.54, 1.807) is 12.2 Å². The Morgan fingerprint density at radius 1 is 1.38 bits per heavy atom. The number of halogens is 3. The molecule has 1 aromatic carbocycles. The molecule has 0 aliphatic rings. The normalized spacial score (nSPS) is 11.1. The molecule has 1 amide bonds. The third-order valence-electron chi connectivity index (χ3n) is 1.94. The minimum Gasteiger partial charge on any atom is -0.497 e. The van der Waals surface area contributed by atoms with Gasteiger partial charge in [0, 0.05) is 5.69 Å². The maximum absolute atomic E-state index is 12.0. The van der Waals surface area contributed by atoms with Gasteiger partial charge in [0.25, 0.3) is 0 Å². The van der Waals surface area contributed by atoms with Crippen molar-refractivity contribution in [1.29, 1.82) is 0 Å². The second kappa shape index (κ2) is 4.42. The molecule has 0 atom stereocenters. The first-order valence-electron chi connectivity index (χ1n) is 4.37. The fourth-order valence-electron chi connectivity index (χ4n) is 1.10. The number of carbonyl (C=O) groups is 1. The lowest BCUT2D eigenvalue weighted by atomic mass is 10.2. The molecule has 1 rings (SSSR count). The standard InChI is InChI=1S/C10H10F3NO2/c1-6-5-7(16-2)3-4-8(6)14-9(15)10(11,12)13/h3-5H,1-2H3,(H,14,15). The molecule has 0 saturated carbocycles. The molecule has 0 fully saturated rings. The zero-order valence-electron chi connectivity index (χ0n) is 8.68. The maximum Gasteiger partial charge on any atom is 0.471 e. The highest BCUT2D eigenvalue weighted by Gasteiger charge is 2.38. The second-order valence-electron chi connectivity index (χ2n) is 3.13. The minimum absolute atomic E-state index is 0.114. The largest absolute Gasteiger partial charge is 0.497 e. The van der Waals surface area contributed by atoms with Gasteiger partial charge in [0.2, 0.25) is 0 Å². The number of carbonyl (C=O) groups excluding carboxylic acids is 1. The molecule has 0 aliphatic carbocycles. The predicted molar refractivity (Wildman–Crippen MR) is 52.4 cm³/mol. The number of benzene rings is 1. The first kappa shape index (κ1) is 12.4. The lowest BCUT2D eigenvalue weighted by molar-refractivity contribution is -0.167. The summed E-state index contributed by atoms with van der Waals surface area (Å²) in [5, 5.41) is 1.78. The summed E-state index contributed by atoms with van der Waals surface area (Å²) in [6, 6.07) is 4.36. The Balaban J connectivity index is 2.87. The minimum atomic E-state index is -4.88. The van der Waals surface area contributed by atoms with Gasteiger partial charge in [0.1, 0.15) is 5.75 Å². The summed E-state index contributed by atoms with van der Waals surface area (Å²) in [4.78, 5) is 10.7. The highest BCUT2D eigenvalue weighted by atomic mass is 19.4. The highest BCUT2D eigenvalue weighted by molar-refractivity contribution is 5.95. The maximum atomic E-state index is 12.0. The molecule has 3 nitrogen and oxygen atoms in total. The third-order valence-corrected chi connectivity index (χ3v) is 1.94. The van der Waals surface area contributed by atoms with Crippen molar-refractivity contribution in [2.75, 3.05) is 12.4 Å². The molecule has 1 N–H and O–H groups in total. The Morgan fingerprint density at radius 3 is 2.44 bits per heavy atom. The van der Waals surface area contributed by atoms with Crippen LogP contribution in [0.15, 0.2) is 18.2 Å². The van der Waals surface area contributed by atoms with Crippen LogP contribution in [-0.2, 0) is 4.79 Å². The number of nitrogens with one attached hydrogen (secondary N) is 1. The summed E-state index contributed by atoms with van der Waals surface area (Å²) < 4.78 is 40.8. The van der Waals surface area contributed by atoms with Crippen LogP contribution in [0.3, 0.4) is 0 Å². The van der Waals surface area contributed by atoms with E-state index >= 15 is 0 Å². The Hall–Kier alpha value is -1.72. The molecule has 88 valence electrons. The fourth-order valence-corrected chi connectivity index (χ4v) is 1.10. The molecular formula is C10H10F3NO2. The number of ether oxygens (including phenoxy) is 1. The van der Waals surface area contributed by atoms with Crippen molar-refractivity contribution in [2.45, 2.75) is 13.1 Å². The van der Waals surface area contributed by atoms with Crippen molar-refractivity contribution >= 4 is 11.6 Å². The van der Waals surface area contributed by atoms with Crippen LogP contribution in [-0.4, -0.2) is 19.2 Å². The number of methoxy groups -OCH3 is 1. The van der Waals surface area contributed by atoms with E-state index in [-0.39, 0.29) is 5.69 Å². The van der Waals surface area contributed by atoms with Crippen LogP contribution in [0.5, 0.6) is 5.75 Å². The highest BCUT2D eigenvalue weighted by Crippen LogP contribution is 2.23. The molecule has 6 heteroatoms. The molecule has 0 aliphatic heterocycles. The number of hydrogen-bond donors (Lipinski definition) is 1. The SMILES string of the molecule is COc1ccc(NC(=O)C(F)(F)F)c(C)c1. The first-order chi connectivity index (χ1) is 7.34. The van der Waals surface area contributed by atoms with Gasteiger partial charge in [0.15, 0.2) is 0 Å². The molecule has 0 heterocycles. The van der Waals surface area contributed by atoms with Gasteiger partial charge in [-0.15, -0.1) is 0 Å². The number of hydrogen-bond acceptors (Lipinski definition) is 2. The molecule has 16 heavy (non-hydrogen) atoms. The van der Waals surface area contributed by atoms with Crippen molar-refractivity contribution in [3.05, 3.63) is 23.8 Å². The van der Waals surface area contributed by atoms with Gasteiger partial charge < -0.3 is 10.1 Å². The second-order valence-corrected chi connectivity index (χ2v) is 3.13. The summed E-state index contributed by atoms with van der Waals surface area (Å²) >= 11 is 0. The lowest BCUT2D eigenvalue weighted by Gasteiger charge is -2.11. The Bertz CT molecular complexity index is 402. The summed E-state index contributed by atoms with van der Waals surface area (Å²) in [5.74, 6) is -1.47. The smallest absolute Gasteiger partial charge is 0.471 e. The van der Waals surface area contributed by atoms with Crippen molar-refractivity contribution in [1.82, 2.24) is 0 Å². The fraction of sp³-hybridized carbons (Fsp3) is 0.300. The van der Waals surface area contributed by atoms with Gasteiger partial charge in [-0.25, -0.2) is 0 Å². The molecule has 0 spiro atoms. The van der Waals surface area contributed by atoms with Crippen LogP contribution in [0.2, 0.25) is 0 Å². The van der Waals surface area contributed by atoms with Crippen LogP contribution in [0, 0.1) is 6.92 Å². The summed E-state index contributed by atoms with van der Waals surface area (Å²) in [7, 11) is 1.45. The van der Waals surface area contributed by atoms with E-state index in [4.69, 9.17) is 4.74 Å². The van der Waals surface area contributed by atoms with Gasteiger partial charge in [-0.3, -0.25) is 4.79 Å². The molecule has 0 bridgehead atoms. The zero-order valence-corrected chi connectivity index (χ0v) is 8.68. The van der Waals surface area contributed by atoms with E-state index in [0.29, 0.717) is 11.3 Å². The van der Waals surface area contributed by atoms with Crippen LogP contribution in [0.4, 0.5) is 18.9 Å². The monoisotopic (exact) mass is 233 g/mol. The van der Waals surface area contributed by atoms with E-state index in [1.165, 1.54) is 25.3 Å². The number of amides is 1. The molecular weight excluding hydrogens is 223 g/mol. The summed E-state index contributed by atoms with van der Waals surface area (Å²) in [6.07, 6.45) is -4.88. The molecule has 0 saturated heterocycles. The van der Waals surface area contributed by atoms with E-state index in [2.05, 4.69) is 0 Å². The average molecular weight is 233 g/mol. The Labute approximate surface area is 90.2 Å². The van der Waals surface area contributed by atoms with E-state index in [9.17, 15) is 18.0 Å². The molecule has 0 radical (unpaired) electrons. The summed E-state index contributed by atoms with van der Waals surface area (Å²) in [5.41, 5.74) is 0.611. The van der Waals surface area contributed by atoms with Crippen molar-refractivity contribution < 1.29 is 22.7 Å². The van der Waals surface area contributed by atoms with E-state index < -0.39 is 12.1 Å². The topological polar surface area (TPSA) is 38.3 Å². The van der Waals surface area contributed by atoms with Gasteiger partial charge in [-0.05, 0) is 30.7 Å². The number of alkyl halides is 3. The number of anilines is 1. The van der Waals surface area contributed by atoms with Gasteiger partial charge >= 0.3 is 12.1 Å². The van der Waals surface area contributed by atoms with Crippen LogP contribution in [0.25, 0.3) is 0 Å². The Morgan fingerprint density at radius 2 is 2.00 bits per heavy atom. The van der Waals surface area contributed by atoms with Crippen molar-refractivity contribution in [3.8, 4) is 5.75 Å². The molecule has 0 aromatic heterocycles. The lowest BCUT2D eigenvalue weighted by Crippen LogP contribution is -2.30. The van der Waals surface area contributed by atoms with E-state index in [1.807, 2.05) is 0 Å². The predicted octanol–water partition coefficient (Wildman–Crippen LogP) is 2.50. The van der Waals surface area contributed by atoms with Gasteiger partial charge in [-0.1, -0.05) is 0 Å². The van der Waals surface area contributed by atoms with Crippen LogP contribution < -0.4 is 10.1 Å².